The number of hydrogen-bond acceptors (Lipinski definition) is 2. The number of benzene rings is 2. The van der Waals surface area contributed by atoms with E-state index in [4.69, 9.17) is 0 Å². The van der Waals surface area contributed by atoms with E-state index in [9.17, 15) is 18.3 Å². The molecule has 2 aromatic rings. The van der Waals surface area contributed by atoms with Crippen molar-refractivity contribution in [2.75, 3.05) is 13.6 Å². The molecule has 118 valence electrons. The van der Waals surface area contributed by atoms with Crippen LogP contribution in [0.3, 0.4) is 0 Å². The molecule has 0 spiro atoms. The third-order valence-electron chi connectivity index (χ3n) is 3.38. The highest BCUT2D eigenvalue weighted by molar-refractivity contribution is 5.27. The van der Waals surface area contributed by atoms with Gasteiger partial charge in [-0.25, -0.2) is 0 Å². The van der Waals surface area contributed by atoms with Crippen LogP contribution in [0.1, 0.15) is 22.8 Å². The van der Waals surface area contributed by atoms with Gasteiger partial charge < -0.3 is 5.11 Å². The van der Waals surface area contributed by atoms with E-state index in [2.05, 4.69) is 0 Å². The molecule has 0 amide bonds. The number of halogens is 3. The van der Waals surface area contributed by atoms with Crippen molar-refractivity contribution < 1.29 is 18.3 Å². The summed E-state index contributed by atoms with van der Waals surface area (Å²) in [5.74, 6) is 0. The number of hydrogen-bond donors (Lipinski definition) is 1. The Hall–Kier alpha value is -1.85. The molecule has 0 aliphatic carbocycles. The largest absolute Gasteiger partial charge is 0.416 e. The summed E-state index contributed by atoms with van der Waals surface area (Å²) in [6, 6.07) is 14.5. The maximum absolute atomic E-state index is 12.7. The van der Waals surface area contributed by atoms with Gasteiger partial charge in [0.15, 0.2) is 0 Å². The highest BCUT2D eigenvalue weighted by Crippen LogP contribution is 2.30. The maximum atomic E-state index is 12.7. The average molecular weight is 309 g/mol. The van der Waals surface area contributed by atoms with Crippen molar-refractivity contribution in [2.45, 2.75) is 18.8 Å². The van der Waals surface area contributed by atoms with Crippen LogP contribution < -0.4 is 0 Å². The van der Waals surface area contributed by atoms with Crippen LogP contribution in [-0.2, 0) is 12.7 Å². The molecule has 2 rings (SSSR count). The fourth-order valence-corrected chi connectivity index (χ4v) is 2.28. The monoisotopic (exact) mass is 309 g/mol. The smallest absolute Gasteiger partial charge is 0.387 e. The molecule has 0 saturated carbocycles. The minimum Gasteiger partial charge on any atom is -0.387 e. The molecular weight excluding hydrogens is 291 g/mol. The van der Waals surface area contributed by atoms with E-state index in [1.165, 1.54) is 12.1 Å². The highest BCUT2D eigenvalue weighted by atomic mass is 19.4. The summed E-state index contributed by atoms with van der Waals surface area (Å²) >= 11 is 0. The molecule has 0 saturated heterocycles. The lowest BCUT2D eigenvalue weighted by molar-refractivity contribution is -0.137. The lowest BCUT2D eigenvalue weighted by Crippen LogP contribution is -2.24. The number of aliphatic hydroxyl groups excluding tert-OH is 1. The summed E-state index contributed by atoms with van der Waals surface area (Å²) in [7, 11) is 1.82. The van der Waals surface area contributed by atoms with Crippen LogP contribution in [0.25, 0.3) is 0 Å². The summed E-state index contributed by atoms with van der Waals surface area (Å²) in [4.78, 5) is 1.88. The molecule has 22 heavy (non-hydrogen) atoms. The van der Waals surface area contributed by atoms with Crippen molar-refractivity contribution >= 4 is 0 Å². The second kappa shape index (κ2) is 6.94. The Morgan fingerprint density at radius 2 is 1.73 bits per heavy atom. The second-order valence-electron chi connectivity index (χ2n) is 5.32. The minimum atomic E-state index is -4.40. The van der Waals surface area contributed by atoms with Crippen molar-refractivity contribution in [3.05, 3.63) is 71.3 Å². The fourth-order valence-electron chi connectivity index (χ4n) is 2.28. The van der Waals surface area contributed by atoms with E-state index in [0.717, 1.165) is 17.7 Å². The van der Waals surface area contributed by atoms with Gasteiger partial charge in [-0.2, -0.15) is 13.2 Å². The lowest BCUT2D eigenvalue weighted by Gasteiger charge is -2.21. The Morgan fingerprint density at radius 3 is 2.36 bits per heavy atom. The zero-order valence-electron chi connectivity index (χ0n) is 12.2. The molecule has 5 heteroatoms. The van der Waals surface area contributed by atoms with E-state index in [-0.39, 0.29) is 12.1 Å². The number of likely N-dealkylation sites (N-methyl/N-ethyl adjacent to an activating group) is 1. The maximum Gasteiger partial charge on any atom is 0.416 e. The summed E-state index contributed by atoms with van der Waals surface area (Å²) < 4.78 is 38.1. The zero-order valence-corrected chi connectivity index (χ0v) is 12.2. The number of rotatable bonds is 5. The number of alkyl halides is 3. The lowest BCUT2D eigenvalue weighted by atomic mass is 10.1. The zero-order chi connectivity index (χ0) is 16.2. The molecule has 1 atom stereocenters. The van der Waals surface area contributed by atoms with Gasteiger partial charge in [-0.1, -0.05) is 42.5 Å². The topological polar surface area (TPSA) is 23.5 Å². The predicted molar refractivity (Wildman–Crippen MR) is 79.2 cm³/mol. The van der Waals surface area contributed by atoms with Crippen LogP contribution >= 0.6 is 0 Å². The average Bonchev–Trinajstić information content (AvgIpc) is 2.47. The Bertz CT molecular complexity index is 598. The molecule has 0 radical (unpaired) electrons. The van der Waals surface area contributed by atoms with Gasteiger partial charge in [-0.05, 0) is 30.3 Å². The minimum absolute atomic E-state index is 0.260. The second-order valence-corrected chi connectivity index (χ2v) is 5.32. The van der Waals surface area contributed by atoms with E-state index < -0.39 is 17.8 Å². The van der Waals surface area contributed by atoms with E-state index in [1.54, 1.807) is 0 Å². The van der Waals surface area contributed by atoms with Gasteiger partial charge in [0, 0.05) is 13.1 Å². The van der Waals surface area contributed by atoms with Crippen molar-refractivity contribution in [3.63, 3.8) is 0 Å². The Kier molecular flexibility index (Phi) is 5.21. The van der Waals surface area contributed by atoms with Crippen LogP contribution in [0, 0.1) is 0 Å². The van der Waals surface area contributed by atoms with Gasteiger partial charge in [-0.3, -0.25) is 4.90 Å². The van der Waals surface area contributed by atoms with Crippen molar-refractivity contribution in [2.24, 2.45) is 0 Å². The number of aliphatic hydroxyl groups is 1. The molecule has 2 aromatic carbocycles. The molecule has 0 bridgehead atoms. The summed E-state index contributed by atoms with van der Waals surface area (Å²) in [6.07, 6.45) is -5.36. The van der Waals surface area contributed by atoms with Crippen LogP contribution in [0.15, 0.2) is 54.6 Å². The standard InChI is InChI=1S/C17H18F3NO/c1-21(11-13-6-3-2-4-7-13)12-16(22)14-8-5-9-15(10-14)17(18,19)20/h2-10,16,22H,11-12H2,1H3/t16-/m1/s1. The Morgan fingerprint density at radius 1 is 1.05 bits per heavy atom. The van der Waals surface area contributed by atoms with Gasteiger partial charge in [-0.15, -0.1) is 0 Å². The van der Waals surface area contributed by atoms with Gasteiger partial charge >= 0.3 is 6.18 Å². The van der Waals surface area contributed by atoms with Crippen LogP contribution in [-0.4, -0.2) is 23.6 Å². The molecule has 2 nitrogen and oxygen atoms in total. The molecule has 0 heterocycles. The first-order valence-corrected chi connectivity index (χ1v) is 6.94. The normalized spacial score (nSPS) is 13.4. The fraction of sp³-hybridized carbons (Fsp3) is 0.294. The first kappa shape index (κ1) is 16.5. The summed E-state index contributed by atoms with van der Waals surface area (Å²) in [6.45, 7) is 0.882. The van der Waals surface area contributed by atoms with Crippen molar-refractivity contribution in [1.29, 1.82) is 0 Å². The van der Waals surface area contributed by atoms with Crippen LogP contribution in [0.4, 0.5) is 13.2 Å². The van der Waals surface area contributed by atoms with Crippen LogP contribution in [0.2, 0.25) is 0 Å². The van der Waals surface area contributed by atoms with E-state index in [1.807, 2.05) is 42.3 Å². The summed E-state index contributed by atoms with van der Waals surface area (Å²) in [5.41, 5.74) is 0.616. The van der Waals surface area contributed by atoms with Gasteiger partial charge in [0.25, 0.3) is 0 Å². The summed E-state index contributed by atoms with van der Waals surface area (Å²) in [5, 5.41) is 10.2. The van der Waals surface area contributed by atoms with Gasteiger partial charge in [0.05, 0.1) is 11.7 Å². The van der Waals surface area contributed by atoms with Crippen molar-refractivity contribution in [3.8, 4) is 0 Å². The molecule has 0 aliphatic rings. The third-order valence-corrected chi connectivity index (χ3v) is 3.38. The molecular formula is C17H18F3NO. The molecule has 1 N–H and O–H groups in total. The Balaban J connectivity index is 2.01. The molecule has 0 unspecified atom stereocenters. The highest BCUT2D eigenvalue weighted by Gasteiger charge is 2.30. The molecule has 0 aliphatic heterocycles. The van der Waals surface area contributed by atoms with Gasteiger partial charge in [0.2, 0.25) is 0 Å². The Labute approximate surface area is 127 Å². The SMILES string of the molecule is CN(Cc1ccccc1)C[C@@H](O)c1cccc(C(F)(F)F)c1. The van der Waals surface area contributed by atoms with E-state index >= 15 is 0 Å². The predicted octanol–water partition coefficient (Wildman–Crippen LogP) is 3.87. The number of nitrogens with zero attached hydrogens (tertiary/aromatic N) is 1. The van der Waals surface area contributed by atoms with Crippen molar-refractivity contribution in [1.82, 2.24) is 4.90 Å². The van der Waals surface area contributed by atoms with Crippen LogP contribution in [0.5, 0.6) is 0 Å². The third kappa shape index (κ3) is 4.58. The first-order chi connectivity index (χ1) is 10.4. The first-order valence-electron chi connectivity index (χ1n) is 6.94. The quantitative estimate of drug-likeness (QED) is 0.906. The van der Waals surface area contributed by atoms with E-state index in [0.29, 0.717) is 6.54 Å². The molecule has 0 fully saturated rings. The molecule has 0 aromatic heterocycles. The van der Waals surface area contributed by atoms with Gasteiger partial charge in [0.1, 0.15) is 0 Å².